The summed E-state index contributed by atoms with van der Waals surface area (Å²) in [4.78, 5) is 25.4. The van der Waals surface area contributed by atoms with Gasteiger partial charge in [-0.2, -0.15) is 0 Å². The monoisotopic (exact) mass is 441 g/mol. The van der Waals surface area contributed by atoms with Crippen LogP contribution >= 0.6 is 0 Å². The summed E-state index contributed by atoms with van der Waals surface area (Å²) in [6.07, 6.45) is 8.37. The van der Waals surface area contributed by atoms with Crippen molar-refractivity contribution in [1.82, 2.24) is 0 Å². The van der Waals surface area contributed by atoms with E-state index in [1.54, 1.807) is 12.5 Å². The number of carbonyl (C=O) groups excluding carboxylic acids is 2. The zero-order chi connectivity index (χ0) is 23.4. The Kier molecular flexibility index (Phi) is 5.39. The lowest BCUT2D eigenvalue weighted by atomic mass is 9.48. The number of benzene rings is 1. The fourth-order valence-corrected chi connectivity index (χ4v) is 7.95. The van der Waals surface area contributed by atoms with E-state index in [0.29, 0.717) is 18.3 Å². The molecule has 1 aromatic carbocycles. The van der Waals surface area contributed by atoms with Crippen molar-refractivity contribution < 1.29 is 9.59 Å². The Hall–Kier alpha value is -2.60. The molecule has 0 spiro atoms. The molecule has 0 heterocycles. The maximum absolute atomic E-state index is 13.2. The Morgan fingerprint density at radius 1 is 1.12 bits per heavy atom. The van der Waals surface area contributed by atoms with Crippen molar-refractivity contribution in [2.45, 2.75) is 71.6 Å². The summed E-state index contributed by atoms with van der Waals surface area (Å²) >= 11 is 0. The second-order valence-corrected chi connectivity index (χ2v) is 10.7. The Morgan fingerprint density at radius 3 is 2.55 bits per heavy atom. The maximum atomic E-state index is 13.2. The lowest BCUT2D eigenvalue weighted by Crippen LogP contribution is -2.50. The van der Waals surface area contributed by atoms with E-state index in [9.17, 15) is 9.59 Å². The van der Waals surface area contributed by atoms with Crippen LogP contribution < -0.4 is 5.32 Å². The van der Waals surface area contributed by atoms with E-state index < -0.39 is 5.41 Å². The third-order valence-electron chi connectivity index (χ3n) is 9.47. The van der Waals surface area contributed by atoms with Gasteiger partial charge in [-0.25, -0.2) is 0 Å². The molecule has 0 unspecified atom stereocenters. The molecule has 0 saturated heterocycles. The van der Waals surface area contributed by atoms with Crippen molar-refractivity contribution in [1.29, 1.82) is 0 Å². The van der Waals surface area contributed by atoms with Crippen LogP contribution in [0, 0.1) is 34.5 Å². The first kappa shape index (κ1) is 22.2. The Labute approximate surface area is 198 Å². The zero-order valence-electron chi connectivity index (χ0n) is 20.4. The van der Waals surface area contributed by atoms with Gasteiger partial charge in [0, 0.05) is 25.1 Å². The average Bonchev–Trinajstić information content (AvgIpc) is 3.11. The smallest absolute Gasteiger partial charge is 0.156 e. The van der Waals surface area contributed by atoms with Gasteiger partial charge in [0.05, 0.1) is 5.41 Å². The summed E-state index contributed by atoms with van der Waals surface area (Å²) in [5.74, 6) is 8.33. The second kappa shape index (κ2) is 8.01. The first-order valence-corrected chi connectivity index (χ1v) is 12.5. The summed E-state index contributed by atoms with van der Waals surface area (Å²) in [5.41, 5.74) is 6.05. The van der Waals surface area contributed by atoms with Gasteiger partial charge in [-0.1, -0.05) is 30.6 Å². The van der Waals surface area contributed by atoms with Gasteiger partial charge in [0.15, 0.2) is 5.78 Å². The van der Waals surface area contributed by atoms with Crippen molar-refractivity contribution in [2.24, 2.45) is 22.7 Å². The van der Waals surface area contributed by atoms with Gasteiger partial charge in [0.1, 0.15) is 5.78 Å². The largest absolute Gasteiger partial charge is 0.388 e. The van der Waals surface area contributed by atoms with Gasteiger partial charge in [-0.15, -0.1) is 5.92 Å². The highest BCUT2D eigenvalue weighted by Gasteiger charge is 2.64. The fourth-order valence-electron chi connectivity index (χ4n) is 7.95. The molecule has 172 valence electrons. The summed E-state index contributed by atoms with van der Waals surface area (Å²) in [6, 6.07) is 8.83. The quantitative estimate of drug-likeness (QED) is 0.566. The van der Waals surface area contributed by atoms with Crippen LogP contribution in [0.3, 0.4) is 0 Å². The number of hydrogen-bond donors (Lipinski definition) is 1. The molecule has 5 rings (SSSR count). The number of fused-ring (bicyclic) bond motifs is 4. The molecule has 0 aromatic heterocycles. The van der Waals surface area contributed by atoms with Gasteiger partial charge >= 0.3 is 0 Å². The maximum Gasteiger partial charge on any atom is 0.156 e. The highest BCUT2D eigenvalue weighted by molar-refractivity contribution is 5.93. The molecule has 4 aliphatic carbocycles. The molecule has 3 heteroatoms. The molecule has 1 N–H and O–H groups in total. The van der Waals surface area contributed by atoms with Crippen LogP contribution in [-0.2, 0) is 9.59 Å². The lowest BCUT2D eigenvalue weighted by Gasteiger charge is -2.54. The minimum absolute atomic E-state index is 0.144. The molecule has 0 bridgehead atoms. The van der Waals surface area contributed by atoms with Gasteiger partial charge in [-0.05, 0) is 105 Å². The average molecular weight is 442 g/mol. The van der Waals surface area contributed by atoms with Crippen molar-refractivity contribution in [3.63, 3.8) is 0 Å². The SMILES string of the molecule is CC#C[C@]1(C(C)=O)CC[C@H]2[C@@H]3CCC4=CC(=O)CCC4=C3[C@@H](c3ccc(NC)cc3)C[C@@]21C. The molecule has 2 saturated carbocycles. The molecule has 4 aliphatic rings. The van der Waals surface area contributed by atoms with Crippen LogP contribution in [0.5, 0.6) is 0 Å². The third kappa shape index (κ3) is 3.17. The van der Waals surface area contributed by atoms with Crippen molar-refractivity contribution in [3.05, 3.63) is 52.6 Å². The number of nitrogens with one attached hydrogen (secondary N) is 1. The number of hydrogen-bond acceptors (Lipinski definition) is 3. The number of rotatable bonds is 3. The predicted molar refractivity (Wildman–Crippen MR) is 133 cm³/mol. The van der Waals surface area contributed by atoms with Crippen LogP contribution in [0.2, 0.25) is 0 Å². The van der Waals surface area contributed by atoms with Gasteiger partial charge in [-0.3, -0.25) is 9.59 Å². The molecule has 2 fully saturated rings. The van der Waals surface area contributed by atoms with Crippen LogP contribution in [0.4, 0.5) is 5.69 Å². The van der Waals surface area contributed by atoms with E-state index in [-0.39, 0.29) is 22.9 Å². The minimum atomic E-state index is -0.551. The van der Waals surface area contributed by atoms with Crippen molar-refractivity contribution in [2.75, 3.05) is 12.4 Å². The van der Waals surface area contributed by atoms with Crippen LogP contribution in [0.1, 0.15) is 77.2 Å². The van der Waals surface area contributed by atoms with E-state index in [2.05, 4.69) is 48.3 Å². The summed E-state index contributed by atoms with van der Waals surface area (Å²) in [6.45, 7) is 6.00. The molecule has 1 aromatic rings. The van der Waals surface area contributed by atoms with E-state index in [1.165, 1.54) is 16.7 Å². The van der Waals surface area contributed by atoms with E-state index in [1.807, 2.05) is 20.0 Å². The lowest BCUT2D eigenvalue weighted by molar-refractivity contribution is -0.130. The first-order valence-electron chi connectivity index (χ1n) is 12.5. The number of Topliss-reactive ketones (excluding diaryl/α,β-unsaturated/α-hetero) is 1. The van der Waals surface area contributed by atoms with Crippen molar-refractivity contribution in [3.8, 4) is 11.8 Å². The third-order valence-corrected chi connectivity index (χ3v) is 9.47. The number of carbonyl (C=O) groups is 2. The minimum Gasteiger partial charge on any atom is -0.388 e. The zero-order valence-corrected chi connectivity index (χ0v) is 20.4. The topological polar surface area (TPSA) is 46.2 Å². The Bertz CT molecular complexity index is 1130. The van der Waals surface area contributed by atoms with E-state index >= 15 is 0 Å². The molecule has 5 atom stereocenters. The predicted octanol–water partition coefficient (Wildman–Crippen LogP) is 6.23. The standard InChI is InChI=1S/C30H35NO2/c1-5-15-30(19(2)32)16-14-27-25-12-8-21-17-23(33)11-13-24(21)28(25)26(18-29(27,30)3)20-6-9-22(31-4)10-7-20/h6-7,9-10,17,25-27,31H,8,11-14,16,18H2,1-4H3/t25-,26+,27-,29-,30+/m0/s1. The summed E-state index contributed by atoms with van der Waals surface area (Å²) in [7, 11) is 1.95. The Morgan fingerprint density at radius 2 is 1.88 bits per heavy atom. The first-order chi connectivity index (χ1) is 15.8. The Balaban J connectivity index is 1.71. The molecule has 3 nitrogen and oxygen atoms in total. The van der Waals surface area contributed by atoms with Gasteiger partial charge < -0.3 is 5.32 Å². The van der Waals surface area contributed by atoms with E-state index in [4.69, 9.17) is 0 Å². The molecule has 33 heavy (non-hydrogen) atoms. The fraction of sp³-hybridized carbons (Fsp3) is 0.533. The normalized spacial score (nSPS) is 35.0. The molecular weight excluding hydrogens is 406 g/mol. The summed E-state index contributed by atoms with van der Waals surface area (Å²) in [5, 5.41) is 3.23. The highest BCUT2D eigenvalue weighted by Crippen LogP contribution is 2.69. The summed E-state index contributed by atoms with van der Waals surface area (Å²) < 4.78 is 0. The number of anilines is 1. The van der Waals surface area contributed by atoms with Crippen molar-refractivity contribution >= 4 is 17.3 Å². The van der Waals surface area contributed by atoms with Gasteiger partial charge in [0.25, 0.3) is 0 Å². The van der Waals surface area contributed by atoms with Gasteiger partial charge in [0.2, 0.25) is 0 Å². The molecule has 0 aliphatic heterocycles. The van der Waals surface area contributed by atoms with E-state index in [0.717, 1.165) is 44.2 Å². The van der Waals surface area contributed by atoms with Crippen LogP contribution in [0.15, 0.2) is 47.1 Å². The number of ketones is 2. The molecule has 0 radical (unpaired) electrons. The number of allylic oxidation sites excluding steroid dienone is 4. The second-order valence-electron chi connectivity index (χ2n) is 10.7. The van der Waals surface area contributed by atoms with Crippen LogP contribution in [0.25, 0.3) is 0 Å². The molecular formula is C30H35NO2. The highest BCUT2D eigenvalue weighted by atomic mass is 16.1. The van der Waals surface area contributed by atoms with Crippen LogP contribution in [-0.4, -0.2) is 18.6 Å². The molecule has 0 amide bonds.